The Labute approximate surface area is 137 Å². The van der Waals surface area contributed by atoms with E-state index >= 15 is 0 Å². The smallest absolute Gasteiger partial charge is 0.198 e. The van der Waals surface area contributed by atoms with Crippen molar-refractivity contribution in [3.05, 3.63) is 53.5 Å². The molecule has 2 aromatic rings. The molecule has 0 bridgehead atoms. The summed E-state index contributed by atoms with van der Waals surface area (Å²) in [6.07, 6.45) is 4.52. The third kappa shape index (κ3) is 4.20. The second-order valence-electron chi connectivity index (χ2n) is 6.93. The normalized spacial score (nSPS) is 19.4. The van der Waals surface area contributed by atoms with Gasteiger partial charge >= 0.3 is 0 Å². The van der Waals surface area contributed by atoms with Gasteiger partial charge in [0.05, 0.1) is 6.20 Å². The van der Waals surface area contributed by atoms with E-state index in [-0.39, 0.29) is 5.82 Å². The van der Waals surface area contributed by atoms with E-state index < -0.39 is 0 Å². The van der Waals surface area contributed by atoms with Gasteiger partial charge in [0.15, 0.2) is 5.89 Å². The maximum absolute atomic E-state index is 13.7. The van der Waals surface area contributed by atoms with E-state index in [0.717, 1.165) is 37.7 Å². The number of nitrogens with zero attached hydrogens (tertiary/aromatic N) is 2. The maximum Gasteiger partial charge on any atom is 0.198 e. The van der Waals surface area contributed by atoms with Crippen LogP contribution in [0.2, 0.25) is 0 Å². The molecule has 1 fully saturated rings. The number of benzene rings is 1. The Morgan fingerprint density at radius 3 is 2.96 bits per heavy atom. The molecule has 3 nitrogen and oxygen atoms in total. The van der Waals surface area contributed by atoms with E-state index in [9.17, 15) is 4.39 Å². The highest BCUT2D eigenvalue weighted by molar-refractivity contribution is 5.21. The molecule has 1 unspecified atom stereocenters. The molecule has 1 aromatic carbocycles. The number of aromatic nitrogens is 1. The first-order chi connectivity index (χ1) is 11.1. The van der Waals surface area contributed by atoms with Crippen LogP contribution < -0.4 is 0 Å². The van der Waals surface area contributed by atoms with Crippen molar-refractivity contribution >= 4 is 0 Å². The molecule has 124 valence electrons. The summed E-state index contributed by atoms with van der Waals surface area (Å²) in [7, 11) is 0. The molecule has 1 aromatic heterocycles. The number of halogens is 1. The summed E-state index contributed by atoms with van der Waals surface area (Å²) in [4.78, 5) is 6.96. The monoisotopic (exact) mass is 316 g/mol. The molecule has 0 radical (unpaired) electrons. The van der Waals surface area contributed by atoms with E-state index in [1.54, 1.807) is 18.3 Å². The predicted octanol–water partition coefficient (Wildman–Crippen LogP) is 4.24. The Balaban J connectivity index is 1.66. The SMILES string of the molecule is CC(C)CN1CCCC(c2ncc(Cc3ccccc3F)o2)C1. The van der Waals surface area contributed by atoms with Gasteiger partial charge in [-0.05, 0) is 36.9 Å². The Morgan fingerprint density at radius 2 is 2.17 bits per heavy atom. The highest BCUT2D eigenvalue weighted by Gasteiger charge is 2.25. The number of piperidine rings is 1. The summed E-state index contributed by atoms with van der Waals surface area (Å²) in [6, 6.07) is 6.83. The number of likely N-dealkylation sites (tertiary alicyclic amines) is 1. The molecule has 0 spiro atoms. The van der Waals surface area contributed by atoms with Crippen molar-refractivity contribution in [2.45, 2.75) is 39.0 Å². The average Bonchev–Trinajstić information content (AvgIpc) is 2.98. The molecule has 1 saturated heterocycles. The Bertz CT molecular complexity index is 638. The number of oxazole rings is 1. The van der Waals surface area contributed by atoms with Crippen LogP contribution in [0.3, 0.4) is 0 Å². The third-order valence-electron chi connectivity index (χ3n) is 4.37. The fourth-order valence-electron chi connectivity index (χ4n) is 3.36. The van der Waals surface area contributed by atoms with Gasteiger partial charge in [0, 0.05) is 25.4 Å². The summed E-state index contributed by atoms with van der Waals surface area (Å²) < 4.78 is 19.7. The van der Waals surface area contributed by atoms with Crippen molar-refractivity contribution in [2.75, 3.05) is 19.6 Å². The highest BCUT2D eigenvalue weighted by Crippen LogP contribution is 2.27. The van der Waals surface area contributed by atoms with Crippen molar-refractivity contribution < 1.29 is 8.81 Å². The van der Waals surface area contributed by atoms with Gasteiger partial charge in [0.1, 0.15) is 11.6 Å². The van der Waals surface area contributed by atoms with Crippen LogP contribution in [0.4, 0.5) is 4.39 Å². The molecule has 0 saturated carbocycles. The van der Waals surface area contributed by atoms with Gasteiger partial charge in [-0.15, -0.1) is 0 Å². The van der Waals surface area contributed by atoms with Crippen molar-refractivity contribution in [3.63, 3.8) is 0 Å². The lowest BCUT2D eigenvalue weighted by Crippen LogP contribution is -2.36. The molecule has 1 aliphatic rings. The van der Waals surface area contributed by atoms with Gasteiger partial charge in [-0.2, -0.15) is 0 Å². The van der Waals surface area contributed by atoms with Crippen LogP contribution in [0.15, 0.2) is 34.9 Å². The van der Waals surface area contributed by atoms with Crippen LogP contribution in [-0.2, 0) is 6.42 Å². The van der Waals surface area contributed by atoms with Crippen LogP contribution in [0.25, 0.3) is 0 Å². The fraction of sp³-hybridized carbons (Fsp3) is 0.526. The number of hydrogen-bond acceptors (Lipinski definition) is 3. The maximum atomic E-state index is 13.7. The molecule has 3 rings (SSSR count). The van der Waals surface area contributed by atoms with Gasteiger partial charge < -0.3 is 9.32 Å². The molecule has 1 atom stereocenters. The molecule has 0 aliphatic carbocycles. The molecule has 4 heteroatoms. The lowest BCUT2D eigenvalue weighted by molar-refractivity contribution is 0.175. The van der Waals surface area contributed by atoms with E-state index in [1.165, 1.54) is 12.5 Å². The minimum atomic E-state index is -0.189. The summed E-state index contributed by atoms with van der Waals surface area (Å²) in [5.74, 6) is 2.40. The van der Waals surface area contributed by atoms with Gasteiger partial charge in [0.25, 0.3) is 0 Å². The second-order valence-corrected chi connectivity index (χ2v) is 6.93. The fourth-order valence-corrected chi connectivity index (χ4v) is 3.36. The van der Waals surface area contributed by atoms with Crippen LogP contribution in [0, 0.1) is 11.7 Å². The van der Waals surface area contributed by atoms with Crippen LogP contribution >= 0.6 is 0 Å². The predicted molar refractivity (Wildman–Crippen MR) is 89.0 cm³/mol. The summed E-state index contributed by atoms with van der Waals surface area (Å²) in [5.41, 5.74) is 0.653. The zero-order valence-corrected chi connectivity index (χ0v) is 14.0. The van der Waals surface area contributed by atoms with Crippen LogP contribution in [0.1, 0.15) is 49.8 Å². The quantitative estimate of drug-likeness (QED) is 0.826. The minimum Gasteiger partial charge on any atom is -0.445 e. The van der Waals surface area contributed by atoms with E-state index in [4.69, 9.17) is 4.42 Å². The second kappa shape index (κ2) is 7.26. The summed E-state index contributed by atoms with van der Waals surface area (Å²) in [6.45, 7) is 7.80. The van der Waals surface area contributed by atoms with Gasteiger partial charge in [-0.1, -0.05) is 32.0 Å². The molecular weight excluding hydrogens is 291 g/mol. The zero-order chi connectivity index (χ0) is 16.2. The first kappa shape index (κ1) is 16.2. The first-order valence-corrected chi connectivity index (χ1v) is 8.52. The summed E-state index contributed by atoms with van der Waals surface area (Å²) in [5, 5.41) is 0. The first-order valence-electron chi connectivity index (χ1n) is 8.52. The van der Waals surface area contributed by atoms with Gasteiger partial charge in [-0.25, -0.2) is 9.37 Å². The molecule has 1 aliphatic heterocycles. The average molecular weight is 316 g/mol. The van der Waals surface area contributed by atoms with E-state index in [2.05, 4.69) is 23.7 Å². The largest absolute Gasteiger partial charge is 0.445 e. The number of hydrogen-bond donors (Lipinski definition) is 0. The Morgan fingerprint density at radius 1 is 1.35 bits per heavy atom. The van der Waals surface area contributed by atoms with Crippen molar-refractivity contribution in [1.82, 2.24) is 9.88 Å². The topological polar surface area (TPSA) is 29.3 Å². The van der Waals surface area contributed by atoms with Crippen LogP contribution in [0.5, 0.6) is 0 Å². The zero-order valence-electron chi connectivity index (χ0n) is 14.0. The molecule has 0 N–H and O–H groups in total. The van der Waals surface area contributed by atoms with Gasteiger partial charge in [0.2, 0.25) is 0 Å². The standard InChI is InChI=1S/C19H25FN2O/c1-14(2)12-22-9-5-7-16(13-22)19-21-11-17(23-19)10-15-6-3-4-8-18(15)20/h3-4,6,8,11,14,16H,5,7,9-10,12-13H2,1-2H3. The minimum absolute atomic E-state index is 0.189. The van der Waals surface area contributed by atoms with Gasteiger partial charge in [-0.3, -0.25) is 0 Å². The summed E-state index contributed by atoms with van der Waals surface area (Å²) >= 11 is 0. The molecule has 0 amide bonds. The molecule has 2 heterocycles. The van der Waals surface area contributed by atoms with Crippen molar-refractivity contribution in [1.29, 1.82) is 0 Å². The Hall–Kier alpha value is -1.68. The molecular formula is C19H25FN2O. The lowest BCUT2D eigenvalue weighted by Gasteiger charge is -2.32. The van der Waals surface area contributed by atoms with Crippen molar-refractivity contribution in [2.24, 2.45) is 5.92 Å². The number of rotatable bonds is 5. The van der Waals surface area contributed by atoms with E-state index in [1.807, 2.05) is 6.07 Å². The van der Waals surface area contributed by atoms with Crippen molar-refractivity contribution in [3.8, 4) is 0 Å². The molecule has 23 heavy (non-hydrogen) atoms. The van der Waals surface area contributed by atoms with Crippen LogP contribution in [-0.4, -0.2) is 29.5 Å². The third-order valence-corrected chi connectivity index (χ3v) is 4.37. The van der Waals surface area contributed by atoms with E-state index in [0.29, 0.717) is 23.8 Å². The Kier molecular flexibility index (Phi) is 5.11. The lowest BCUT2D eigenvalue weighted by atomic mass is 9.97. The highest BCUT2D eigenvalue weighted by atomic mass is 19.1.